The van der Waals surface area contributed by atoms with Crippen LogP contribution in [-0.2, 0) is 0 Å². The number of fused-ring (bicyclic) bond motifs is 1. The van der Waals surface area contributed by atoms with Crippen molar-refractivity contribution in [3.63, 3.8) is 0 Å². The van der Waals surface area contributed by atoms with E-state index in [1.807, 2.05) is 12.1 Å². The molecule has 5 rings (SSSR count). The summed E-state index contributed by atoms with van der Waals surface area (Å²) in [6, 6.07) is 9.47. The Kier molecular flexibility index (Phi) is 4.17. The van der Waals surface area contributed by atoms with Crippen molar-refractivity contribution in [1.29, 1.82) is 0 Å². The molecular weight excluding hydrogens is 336 g/mol. The van der Waals surface area contributed by atoms with Gasteiger partial charge in [-0.3, -0.25) is 4.57 Å². The summed E-state index contributed by atoms with van der Waals surface area (Å²) >= 11 is 6.16. The number of benzene rings is 1. The minimum absolute atomic E-state index is 0.235. The van der Waals surface area contributed by atoms with Gasteiger partial charge in [0, 0.05) is 11.6 Å². The molecular formula is C19H19ClN4O. The number of nitrogens with zero attached hydrogens (tertiary/aromatic N) is 3. The minimum Gasteiger partial charge on any atom is -0.383 e. The van der Waals surface area contributed by atoms with Gasteiger partial charge >= 0.3 is 5.69 Å². The lowest BCUT2D eigenvalue weighted by Crippen LogP contribution is -2.23. The van der Waals surface area contributed by atoms with Gasteiger partial charge in [0.1, 0.15) is 5.82 Å². The van der Waals surface area contributed by atoms with Crippen molar-refractivity contribution in [3.05, 3.63) is 57.7 Å². The van der Waals surface area contributed by atoms with Crippen molar-refractivity contribution < 1.29 is 0 Å². The largest absolute Gasteiger partial charge is 0.383 e. The third kappa shape index (κ3) is 3.37. The molecule has 128 valence electrons. The first kappa shape index (κ1) is 16.1. The highest BCUT2D eigenvalue weighted by atomic mass is 35.5. The molecule has 25 heavy (non-hydrogen) atoms. The number of rotatable bonds is 2. The van der Waals surface area contributed by atoms with Crippen LogP contribution in [0, 0.1) is 0 Å². The van der Waals surface area contributed by atoms with E-state index in [1.165, 1.54) is 42.2 Å². The third-order valence-electron chi connectivity index (χ3n) is 4.33. The van der Waals surface area contributed by atoms with Crippen molar-refractivity contribution in [2.45, 2.75) is 38.0 Å². The number of nitrogen functional groups attached to an aromatic ring is 1. The predicted octanol–water partition coefficient (Wildman–Crippen LogP) is 4.06. The van der Waals surface area contributed by atoms with Gasteiger partial charge in [0.05, 0.1) is 11.2 Å². The fourth-order valence-corrected chi connectivity index (χ4v) is 2.92. The lowest BCUT2D eigenvalue weighted by atomic mass is 10.1. The van der Waals surface area contributed by atoms with Gasteiger partial charge in [-0.05, 0) is 48.6 Å². The Labute approximate surface area is 150 Å². The fourth-order valence-electron chi connectivity index (χ4n) is 2.71. The zero-order valence-corrected chi connectivity index (χ0v) is 14.5. The molecule has 2 saturated carbocycles. The van der Waals surface area contributed by atoms with E-state index in [1.54, 1.807) is 18.3 Å². The van der Waals surface area contributed by atoms with Crippen molar-refractivity contribution >= 4 is 28.3 Å². The quantitative estimate of drug-likeness (QED) is 0.704. The maximum absolute atomic E-state index is 12.4. The molecule has 2 aliphatic carbocycles. The van der Waals surface area contributed by atoms with Gasteiger partial charge in [-0.15, -0.1) is 0 Å². The number of hydrogen-bond donors (Lipinski definition) is 1. The van der Waals surface area contributed by atoms with Crippen LogP contribution in [-0.4, -0.2) is 14.5 Å². The number of halogens is 1. The standard InChI is InChI=1S/C16H13ClN4O.C3H6/c17-14-12(2-1-7-19-14)21-13-8-10(9-3-4-9)5-6-11(13)15(18)20-16(21)22;1-2-3-1/h1-2,5-9H,3-4H2,(H2,18,20,22);1-3H2. The van der Waals surface area contributed by atoms with Crippen molar-refractivity contribution in [2.75, 3.05) is 5.73 Å². The van der Waals surface area contributed by atoms with E-state index in [4.69, 9.17) is 17.3 Å². The molecule has 2 fully saturated rings. The van der Waals surface area contributed by atoms with Gasteiger partial charge in [-0.25, -0.2) is 9.78 Å². The molecule has 0 amide bonds. The van der Waals surface area contributed by atoms with Crippen LogP contribution < -0.4 is 11.4 Å². The molecule has 1 aromatic carbocycles. The monoisotopic (exact) mass is 354 g/mol. The molecule has 2 N–H and O–H groups in total. The smallest absolute Gasteiger partial charge is 0.354 e. The summed E-state index contributed by atoms with van der Waals surface area (Å²) in [6.07, 6.45) is 8.45. The van der Waals surface area contributed by atoms with Gasteiger partial charge in [0.2, 0.25) is 0 Å². The average molecular weight is 355 g/mol. The molecule has 0 bridgehead atoms. The summed E-state index contributed by atoms with van der Waals surface area (Å²) in [6.45, 7) is 0. The van der Waals surface area contributed by atoms with Crippen LogP contribution in [0.1, 0.15) is 43.6 Å². The maximum atomic E-state index is 12.4. The summed E-state index contributed by atoms with van der Waals surface area (Å²) in [5.74, 6) is 0.810. The summed E-state index contributed by atoms with van der Waals surface area (Å²) in [5, 5.41) is 0.998. The van der Waals surface area contributed by atoms with Crippen LogP contribution >= 0.6 is 11.6 Å². The molecule has 0 atom stereocenters. The van der Waals surface area contributed by atoms with E-state index < -0.39 is 5.69 Å². The molecule has 5 nitrogen and oxygen atoms in total. The van der Waals surface area contributed by atoms with Crippen LogP contribution in [0.25, 0.3) is 16.6 Å². The van der Waals surface area contributed by atoms with E-state index in [2.05, 4.69) is 16.0 Å². The van der Waals surface area contributed by atoms with E-state index in [-0.39, 0.29) is 11.0 Å². The molecule has 6 heteroatoms. The van der Waals surface area contributed by atoms with Crippen LogP contribution in [0.5, 0.6) is 0 Å². The Morgan fingerprint density at radius 2 is 1.92 bits per heavy atom. The van der Waals surface area contributed by atoms with Crippen molar-refractivity contribution in [2.24, 2.45) is 0 Å². The summed E-state index contributed by atoms with van der Waals surface area (Å²) in [4.78, 5) is 20.3. The van der Waals surface area contributed by atoms with Gasteiger partial charge in [0.15, 0.2) is 5.15 Å². The minimum atomic E-state index is -0.451. The third-order valence-corrected chi connectivity index (χ3v) is 4.62. The zero-order valence-electron chi connectivity index (χ0n) is 13.8. The van der Waals surface area contributed by atoms with Crippen LogP contribution in [0.4, 0.5) is 5.82 Å². The number of anilines is 1. The second-order valence-corrected chi connectivity index (χ2v) is 6.90. The predicted molar refractivity (Wildman–Crippen MR) is 100 cm³/mol. The first-order chi connectivity index (χ1) is 12.1. The topological polar surface area (TPSA) is 73.8 Å². The van der Waals surface area contributed by atoms with Crippen LogP contribution in [0.3, 0.4) is 0 Å². The SMILES string of the molecule is C1CC1.Nc1nc(=O)n(-c2cccnc2Cl)c2cc(C3CC3)ccc12. The van der Waals surface area contributed by atoms with Crippen molar-refractivity contribution in [1.82, 2.24) is 14.5 Å². The Morgan fingerprint density at radius 1 is 1.16 bits per heavy atom. The number of hydrogen-bond acceptors (Lipinski definition) is 4. The number of pyridine rings is 1. The fraction of sp³-hybridized carbons (Fsp3) is 0.316. The molecule has 3 aromatic rings. The molecule has 0 radical (unpaired) electrons. The molecule has 0 spiro atoms. The summed E-state index contributed by atoms with van der Waals surface area (Å²) in [7, 11) is 0. The highest BCUT2D eigenvalue weighted by Gasteiger charge is 2.24. The first-order valence-corrected chi connectivity index (χ1v) is 8.96. The number of aromatic nitrogens is 3. The van der Waals surface area contributed by atoms with Gasteiger partial charge in [0.25, 0.3) is 0 Å². The Morgan fingerprint density at radius 3 is 2.56 bits per heavy atom. The van der Waals surface area contributed by atoms with E-state index >= 15 is 0 Å². The Hall–Kier alpha value is -2.40. The highest BCUT2D eigenvalue weighted by Crippen LogP contribution is 2.41. The normalized spacial score (nSPS) is 15.6. The molecule has 2 aromatic heterocycles. The summed E-state index contributed by atoms with van der Waals surface area (Å²) in [5.41, 5.74) is 7.91. The van der Waals surface area contributed by atoms with Crippen molar-refractivity contribution in [3.8, 4) is 5.69 Å². The molecule has 0 aliphatic heterocycles. The Bertz CT molecular complexity index is 990. The second kappa shape index (κ2) is 6.48. The molecule has 0 unspecified atom stereocenters. The molecule has 2 heterocycles. The van der Waals surface area contributed by atoms with Gasteiger partial charge in [-0.2, -0.15) is 4.98 Å². The van der Waals surface area contributed by atoms with Gasteiger partial charge in [-0.1, -0.05) is 36.9 Å². The highest BCUT2D eigenvalue weighted by molar-refractivity contribution is 6.31. The lowest BCUT2D eigenvalue weighted by molar-refractivity contribution is 0.953. The maximum Gasteiger partial charge on any atom is 0.354 e. The van der Waals surface area contributed by atoms with Crippen LogP contribution in [0.15, 0.2) is 41.3 Å². The van der Waals surface area contributed by atoms with E-state index in [9.17, 15) is 4.79 Å². The summed E-state index contributed by atoms with van der Waals surface area (Å²) < 4.78 is 1.48. The second-order valence-electron chi connectivity index (χ2n) is 6.54. The first-order valence-electron chi connectivity index (χ1n) is 8.58. The van der Waals surface area contributed by atoms with E-state index in [0.29, 0.717) is 11.6 Å². The molecule has 0 saturated heterocycles. The van der Waals surface area contributed by atoms with E-state index in [0.717, 1.165) is 10.9 Å². The zero-order chi connectivity index (χ0) is 17.4. The molecule has 2 aliphatic rings. The van der Waals surface area contributed by atoms with Gasteiger partial charge < -0.3 is 5.73 Å². The number of nitrogens with two attached hydrogens (primary N) is 1. The Balaban J connectivity index is 0.000000474. The van der Waals surface area contributed by atoms with Crippen LogP contribution in [0.2, 0.25) is 5.15 Å². The average Bonchev–Trinajstić information content (AvgIpc) is 3.50. The lowest BCUT2D eigenvalue weighted by Gasteiger charge is -2.13.